The van der Waals surface area contributed by atoms with Crippen LogP contribution in [0.15, 0.2) is 29.0 Å². The van der Waals surface area contributed by atoms with Gasteiger partial charge < -0.3 is 15.5 Å². The van der Waals surface area contributed by atoms with Crippen LogP contribution in [-0.2, 0) is 4.74 Å². The van der Waals surface area contributed by atoms with E-state index < -0.39 is 8.07 Å². The molecule has 1 rings (SSSR count). The smallest absolute Gasteiger partial charge is 0.139 e. The van der Waals surface area contributed by atoms with Crippen LogP contribution in [0, 0.1) is 5.41 Å². The van der Waals surface area contributed by atoms with Crippen LogP contribution in [0.4, 0.5) is 0 Å². The lowest BCUT2D eigenvalue weighted by Crippen LogP contribution is -2.23. The van der Waals surface area contributed by atoms with Gasteiger partial charge in [-0.1, -0.05) is 31.2 Å². The molecule has 0 atom stereocenters. The Morgan fingerprint density at radius 2 is 2.22 bits per heavy atom. The number of ether oxygens (including phenoxy) is 1. The highest BCUT2D eigenvalue weighted by Gasteiger charge is 2.12. The van der Waals surface area contributed by atoms with Crippen LogP contribution in [0.2, 0.25) is 25.7 Å². The first-order valence-electron chi connectivity index (χ1n) is 5.90. The first-order chi connectivity index (χ1) is 8.40. The van der Waals surface area contributed by atoms with E-state index in [1.807, 2.05) is 0 Å². The van der Waals surface area contributed by atoms with Crippen molar-refractivity contribution in [3.63, 3.8) is 0 Å². The number of nitrogens with one attached hydrogen (secondary N) is 2. The van der Waals surface area contributed by atoms with Gasteiger partial charge in [-0.25, -0.2) is 4.99 Å². The highest BCUT2D eigenvalue weighted by molar-refractivity contribution is 6.76. The molecule has 100 valence electrons. The van der Waals surface area contributed by atoms with Crippen LogP contribution < -0.4 is 5.32 Å². The Morgan fingerprint density at radius 3 is 2.83 bits per heavy atom. The molecule has 0 aromatic heterocycles. The largest absolute Gasteiger partial charge is 0.368 e. The summed E-state index contributed by atoms with van der Waals surface area (Å²) in [6, 6.07) is 1.14. The summed E-state index contributed by atoms with van der Waals surface area (Å²) in [7, 11) is -1.02. The molecule has 6 heteroatoms. The zero-order valence-corrected chi connectivity index (χ0v) is 12.8. The van der Waals surface area contributed by atoms with Gasteiger partial charge in [-0.3, -0.25) is 0 Å². The van der Waals surface area contributed by atoms with Gasteiger partial charge in [-0.2, -0.15) is 0 Å². The molecule has 0 amide bonds. The Labute approximate surface area is 114 Å². The zero-order valence-electron chi connectivity index (χ0n) is 11.1. The quantitative estimate of drug-likeness (QED) is 0.448. The summed E-state index contributed by atoms with van der Waals surface area (Å²) in [5, 5.41) is 11.0. The average Bonchev–Trinajstić information content (AvgIpc) is 2.25. The van der Waals surface area contributed by atoms with E-state index in [0.29, 0.717) is 23.2 Å². The van der Waals surface area contributed by atoms with E-state index in [1.165, 1.54) is 6.20 Å². The first kappa shape index (κ1) is 15.1. The molecule has 4 nitrogen and oxygen atoms in total. The summed E-state index contributed by atoms with van der Waals surface area (Å²) < 4.78 is 5.48. The molecular formula is C12H20ClN3OSi. The summed E-state index contributed by atoms with van der Waals surface area (Å²) in [5.74, 6) is 0. The van der Waals surface area contributed by atoms with Gasteiger partial charge in [-0.15, -0.1) is 0 Å². The van der Waals surface area contributed by atoms with Crippen molar-refractivity contribution in [3.05, 3.63) is 24.0 Å². The number of hydrogen-bond acceptors (Lipinski definition) is 4. The predicted molar refractivity (Wildman–Crippen MR) is 80.3 cm³/mol. The van der Waals surface area contributed by atoms with Crippen molar-refractivity contribution >= 4 is 30.6 Å². The lowest BCUT2D eigenvalue weighted by Gasteiger charge is -2.15. The first-order valence-corrected chi connectivity index (χ1v) is 9.99. The topological polar surface area (TPSA) is 57.5 Å². The van der Waals surface area contributed by atoms with Gasteiger partial charge in [0.05, 0.1) is 11.3 Å². The molecule has 1 aliphatic rings. The van der Waals surface area contributed by atoms with Crippen LogP contribution in [0.5, 0.6) is 0 Å². The summed E-state index contributed by atoms with van der Waals surface area (Å²) in [4.78, 5) is 3.93. The number of halogens is 1. The van der Waals surface area contributed by atoms with Crippen molar-refractivity contribution in [2.24, 2.45) is 4.99 Å². The summed E-state index contributed by atoms with van der Waals surface area (Å²) >= 11 is 5.89. The summed E-state index contributed by atoms with van der Waals surface area (Å²) in [6.45, 7) is 8.15. The van der Waals surface area contributed by atoms with Crippen molar-refractivity contribution in [1.82, 2.24) is 5.32 Å². The molecule has 1 heterocycles. The van der Waals surface area contributed by atoms with Crippen molar-refractivity contribution in [1.29, 1.82) is 5.41 Å². The van der Waals surface area contributed by atoms with Crippen LogP contribution in [0.1, 0.15) is 0 Å². The van der Waals surface area contributed by atoms with Gasteiger partial charge in [-0.05, 0) is 12.1 Å². The SMILES string of the molecule is C[Si](C)(C)CCOCN/C=C1\C(=N)C=CN=C1Cl. The fourth-order valence-electron chi connectivity index (χ4n) is 1.24. The Morgan fingerprint density at radius 1 is 1.50 bits per heavy atom. The molecule has 0 saturated heterocycles. The highest BCUT2D eigenvalue weighted by atomic mass is 35.5. The van der Waals surface area contributed by atoms with E-state index in [-0.39, 0.29) is 0 Å². The van der Waals surface area contributed by atoms with E-state index in [2.05, 4.69) is 30.0 Å². The second-order valence-electron chi connectivity index (χ2n) is 5.27. The second-order valence-corrected chi connectivity index (χ2v) is 11.3. The molecule has 0 aromatic carbocycles. The fraction of sp³-hybridized carbons (Fsp3) is 0.500. The maximum absolute atomic E-state index is 7.68. The van der Waals surface area contributed by atoms with E-state index in [9.17, 15) is 0 Å². The molecule has 0 bridgehead atoms. The van der Waals surface area contributed by atoms with Crippen molar-refractivity contribution in [2.75, 3.05) is 13.3 Å². The molecule has 2 N–H and O–H groups in total. The lowest BCUT2D eigenvalue weighted by atomic mass is 10.1. The minimum absolute atomic E-state index is 0.331. The van der Waals surface area contributed by atoms with Crippen molar-refractivity contribution < 1.29 is 4.74 Å². The number of aliphatic imine (C=N–C) groups is 1. The maximum atomic E-state index is 7.68. The Balaban J connectivity index is 2.27. The van der Waals surface area contributed by atoms with Gasteiger partial charge in [0, 0.05) is 27.1 Å². The van der Waals surface area contributed by atoms with Crippen LogP contribution in [0.3, 0.4) is 0 Å². The van der Waals surface area contributed by atoms with Gasteiger partial charge >= 0.3 is 0 Å². The van der Waals surface area contributed by atoms with Crippen LogP contribution in [-0.4, -0.2) is 32.3 Å². The van der Waals surface area contributed by atoms with E-state index >= 15 is 0 Å². The van der Waals surface area contributed by atoms with E-state index in [1.54, 1.807) is 12.3 Å². The van der Waals surface area contributed by atoms with Gasteiger partial charge in [0.25, 0.3) is 0 Å². The Hall–Kier alpha value is -0.913. The van der Waals surface area contributed by atoms with Crippen LogP contribution >= 0.6 is 11.6 Å². The molecular weight excluding hydrogens is 266 g/mol. The third kappa shape index (κ3) is 5.62. The van der Waals surface area contributed by atoms with Crippen molar-refractivity contribution in [2.45, 2.75) is 25.7 Å². The molecule has 0 unspecified atom stereocenters. The predicted octanol–water partition coefficient (Wildman–Crippen LogP) is 2.96. The van der Waals surface area contributed by atoms with Crippen molar-refractivity contribution in [3.8, 4) is 0 Å². The van der Waals surface area contributed by atoms with E-state index in [0.717, 1.165) is 12.7 Å². The van der Waals surface area contributed by atoms with Gasteiger partial charge in [0.1, 0.15) is 11.9 Å². The molecule has 18 heavy (non-hydrogen) atoms. The molecule has 0 aromatic rings. The van der Waals surface area contributed by atoms with Gasteiger partial charge in [0.2, 0.25) is 0 Å². The number of allylic oxidation sites excluding steroid dienone is 2. The van der Waals surface area contributed by atoms with E-state index in [4.69, 9.17) is 21.7 Å². The third-order valence-corrected chi connectivity index (χ3v) is 4.38. The summed E-state index contributed by atoms with van der Waals surface area (Å²) in [6.07, 6.45) is 4.80. The highest BCUT2D eigenvalue weighted by Crippen LogP contribution is 2.10. The lowest BCUT2D eigenvalue weighted by molar-refractivity contribution is 0.137. The average molecular weight is 286 g/mol. The zero-order chi connectivity index (χ0) is 13.6. The standard InChI is InChI=1S/C12H20ClN3OSi/c1-18(2,3)7-6-17-9-15-8-10-11(14)4-5-16-12(10)13/h4-5,8,14-15H,6-7,9H2,1-3H3/b10-8+,14-11?. The summed E-state index contributed by atoms with van der Waals surface area (Å²) in [5.41, 5.74) is 0.942. The maximum Gasteiger partial charge on any atom is 0.139 e. The van der Waals surface area contributed by atoms with Crippen LogP contribution in [0.25, 0.3) is 0 Å². The Kier molecular flexibility index (Phi) is 5.78. The molecule has 0 spiro atoms. The second kappa shape index (κ2) is 6.87. The fourth-order valence-corrected chi connectivity index (χ4v) is 2.21. The molecule has 1 aliphatic heterocycles. The number of rotatable bonds is 6. The minimum atomic E-state index is -1.02. The monoisotopic (exact) mass is 285 g/mol. The molecule has 0 radical (unpaired) electrons. The molecule has 0 fully saturated rings. The number of nitrogens with zero attached hydrogens (tertiary/aromatic N) is 1. The van der Waals surface area contributed by atoms with Gasteiger partial charge in [0.15, 0.2) is 0 Å². The normalized spacial score (nSPS) is 18.1. The minimum Gasteiger partial charge on any atom is -0.368 e. The molecule has 0 saturated carbocycles. The third-order valence-electron chi connectivity index (χ3n) is 2.37. The number of hydrogen-bond donors (Lipinski definition) is 2. The molecule has 0 aliphatic carbocycles. The Bertz CT molecular complexity index is 397.